The Morgan fingerprint density at radius 2 is 1.86 bits per heavy atom. The largest absolute Gasteiger partial charge is 0.466 e. The number of fused-ring (bicyclic) bond motifs is 1. The van der Waals surface area contributed by atoms with Gasteiger partial charge < -0.3 is 9.84 Å². The maximum atomic E-state index is 12.1. The third kappa shape index (κ3) is 3.42. The summed E-state index contributed by atoms with van der Waals surface area (Å²) in [5.74, 6) is -0.833. The lowest BCUT2D eigenvalue weighted by Gasteiger charge is -2.22. The van der Waals surface area contributed by atoms with E-state index in [1.54, 1.807) is 6.92 Å². The quantitative estimate of drug-likeness (QED) is 0.820. The Balaban J connectivity index is 2.38. The summed E-state index contributed by atoms with van der Waals surface area (Å²) < 4.78 is 5.11. The maximum Gasteiger partial charge on any atom is 0.311 e. The highest BCUT2D eigenvalue weighted by Gasteiger charge is 2.29. The van der Waals surface area contributed by atoms with Gasteiger partial charge in [0.1, 0.15) is 0 Å². The number of benzene rings is 2. The summed E-state index contributed by atoms with van der Waals surface area (Å²) in [4.78, 5) is 12.1. The number of aliphatic hydroxyl groups is 1. The fraction of sp³-hybridized carbons (Fsp3) is 0.389. The molecule has 21 heavy (non-hydrogen) atoms. The van der Waals surface area contributed by atoms with E-state index in [4.69, 9.17) is 4.74 Å². The standard InChI is InChI=1S/C18H22O3/c1-3-8-16(18(20)21-4-2)17(19)15-12-7-10-13-9-5-6-11-14(13)15/h5-7,9-12,16-17,19H,3-4,8H2,1-2H3. The van der Waals surface area contributed by atoms with Gasteiger partial charge in [0, 0.05) is 0 Å². The van der Waals surface area contributed by atoms with E-state index in [0.717, 1.165) is 22.8 Å². The number of ether oxygens (including phenoxy) is 1. The Morgan fingerprint density at radius 1 is 1.14 bits per heavy atom. The Labute approximate surface area is 125 Å². The summed E-state index contributed by atoms with van der Waals surface area (Å²) >= 11 is 0. The molecule has 0 fully saturated rings. The first-order valence-corrected chi connectivity index (χ1v) is 7.51. The van der Waals surface area contributed by atoms with Crippen molar-refractivity contribution in [2.45, 2.75) is 32.8 Å². The second kappa shape index (κ2) is 7.23. The molecule has 0 aliphatic heterocycles. The molecule has 0 bridgehead atoms. The van der Waals surface area contributed by atoms with Crippen LogP contribution in [0.15, 0.2) is 42.5 Å². The Hall–Kier alpha value is -1.87. The van der Waals surface area contributed by atoms with E-state index >= 15 is 0 Å². The van der Waals surface area contributed by atoms with Gasteiger partial charge in [-0.2, -0.15) is 0 Å². The van der Waals surface area contributed by atoms with Gasteiger partial charge in [-0.05, 0) is 29.7 Å². The van der Waals surface area contributed by atoms with Crippen LogP contribution >= 0.6 is 0 Å². The summed E-state index contributed by atoms with van der Waals surface area (Å²) in [5.41, 5.74) is 0.791. The Bertz CT molecular complexity index is 601. The molecule has 3 nitrogen and oxygen atoms in total. The first-order chi connectivity index (χ1) is 10.2. The van der Waals surface area contributed by atoms with Crippen molar-refractivity contribution in [3.8, 4) is 0 Å². The zero-order valence-electron chi connectivity index (χ0n) is 12.6. The van der Waals surface area contributed by atoms with Gasteiger partial charge >= 0.3 is 5.97 Å². The first-order valence-electron chi connectivity index (χ1n) is 7.51. The minimum Gasteiger partial charge on any atom is -0.466 e. The molecule has 112 valence electrons. The topological polar surface area (TPSA) is 46.5 Å². The number of carbonyl (C=O) groups is 1. The van der Waals surface area contributed by atoms with Gasteiger partial charge in [0.2, 0.25) is 0 Å². The average Bonchev–Trinajstić information content (AvgIpc) is 2.51. The van der Waals surface area contributed by atoms with Crippen LogP contribution in [-0.4, -0.2) is 17.7 Å². The van der Waals surface area contributed by atoms with E-state index in [9.17, 15) is 9.90 Å². The molecule has 0 aliphatic rings. The van der Waals surface area contributed by atoms with Crippen molar-refractivity contribution in [1.29, 1.82) is 0 Å². The SMILES string of the molecule is CCCC(C(=O)OCC)C(O)c1cccc2ccccc12. The number of aliphatic hydroxyl groups excluding tert-OH is 1. The minimum absolute atomic E-state index is 0.320. The molecular weight excluding hydrogens is 264 g/mol. The van der Waals surface area contributed by atoms with Crippen molar-refractivity contribution < 1.29 is 14.6 Å². The summed E-state index contributed by atoms with van der Waals surface area (Å²) in [6.45, 7) is 4.12. The molecule has 0 saturated heterocycles. The normalized spacial score (nSPS) is 13.9. The molecule has 0 aromatic heterocycles. The highest BCUT2D eigenvalue weighted by molar-refractivity contribution is 5.86. The van der Waals surface area contributed by atoms with Crippen LogP contribution in [0.4, 0.5) is 0 Å². The molecule has 0 spiro atoms. The van der Waals surface area contributed by atoms with Gasteiger partial charge in [0.25, 0.3) is 0 Å². The van der Waals surface area contributed by atoms with Crippen LogP contribution in [0, 0.1) is 5.92 Å². The lowest BCUT2D eigenvalue weighted by atomic mass is 9.89. The van der Waals surface area contributed by atoms with Gasteiger partial charge in [-0.1, -0.05) is 55.8 Å². The number of hydrogen-bond acceptors (Lipinski definition) is 3. The average molecular weight is 286 g/mol. The van der Waals surface area contributed by atoms with Crippen LogP contribution in [0.2, 0.25) is 0 Å². The molecule has 0 aliphatic carbocycles. The number of esters is 1. The molecule has 2 atom stereocenters. The van der Waals surface area contributed by atoms with Gasteiger partial charge in [-0.25, -0.2) is 0 Å². The Morgan fingerprint density at radius 3 is 2.57 bits per heavy atom. The monoisotopic (exact) mass is 286 g/mol. The van der Waals surface area contributed by atoms with Crippen molar-refractivity contribution in [3.05, 3.63) is 48.0 Å². The van der Waals surface area contributed by atoms with E-state index in [-0.39, 0.29) is 5.97 Å². The van der Waals surface area contributed by atoms with E-state index in [1.165, 1.54) is 0 Å². The van der Waals surface area contributed by atoms with Crippen molar-refractivity contribution >= 4 is 16.7 Å². The number of rotatable bonds is 6. The van der Waals surface area contributed by atoms with Crippen LogP contribution in [-0.2, 0) is 9.53 Å². The summed E-state index contributed by atoms with van der Waals surface area (Å²) in [6, 6.07) is 13.7. The highest BCUT2D eigenvalue weighted by atomic mass is 16.5. The third-order valence-corrected chi connectivity index (χ3v) is 3.71. The molecule has 2 aromatic rings. The molecule has 2 rings (SSSR count). The van der Waals surface area contributed by atoms with E-state index in [1.807, 2.05) is 49.4 Å². The fourth-order valence-corrected chi connectivity index (χ4v) is 2.69. The van der Waals surface area contributed by atoms with Crippen molar-refractivity contribution in [1.82, 2.24) is 0 Å². The van der Waals surface area contributed by atoms with Gasteiger partial charge in [-0.15, -0.1) is 0 Å². The molecular formula is C18H22O3. The van der Waals surface area contributed by atoms with Gasteiger partial charge in [-0.3, -0.25) is 4.79 Å². The van der Waals surface area contributed by atoms with Crippen LogP contribution in [0.1, 0.15) is 38.4 Å². The summed E-state index contributed by atoms with van der Waals surface area (Å²) in [6.07, 6.45) is 0.601. The smallest absolute Gasteiger partial charge is 0.311 e. The third-order valence-electron chi connectivity index (χ3n) is 3.71. The minimum atomic E-state index is -0.838. The van der Waals surface area contributed by atoms with Crippen molar-refractivity contribution in [2.24, 2.45) is 5.92 Å². The maximum absolute atomic E-state index is 12.1. The molecule has 3 heteroatoms. The predicted molar refractivity (Wildman–Crippen MR) is 83.9 cm³/mol. The van der Waals surface area contributed by atoms with Crippen LogP contribution < -0.4 is 0 Å². The first kappa shape index (κ1) is 15.5. The van der Waals surface area contributed by atoms with Crippen LogP contribution in [0.5, 0.6) is 0 Å². The lowest BCUT2D eigenvalue weighted by molar-refractivity contribution is -0.152. The van der Waals surface area contributed by atoms with Gasteiger partial charge in [0.15, 0.2) is 0 Å². The number of carbonyl (C=O) groups excluding carboxylic acids is 1. The molecule has 1 N–H and O–H groups in total. The fourth-order valence-electron chi connectivity index (χ4n) is 2.69. The molecule has 0 heterocycles. The summed E-state index contributed by atoms with van der Waals surface area (Å²) in [7, 11) is 0. The van der Waals surface area contributed by atoms with E-state index in [0.29, 0.717) is 13.0 Å². The molecule has 2 unspecified atom stereocenters. The highest BCUT2D eigenvalue weighted by Crippen LogP contribution is 2.32. The lowest BCUT2D eigenvalue weighted by Crippen LogP contribution is -2.24. The van der Waals surface area contributed by atoms with E-state index in [2.05, 4.69) is 0 Å². The van der Waals surface area contributed by atoms with Crippen molar-refractivity contribution in [2.75, 3.05) is 6.61 Å². The van der Waals surface area contributed by atoms with Crippen LogP contribution in [0.25, 0.3) is 10.8 Å². The molecule has 0 radical (unpaired) electrons. The van der Waals surface area contributed by atoms with Crippen LogP contribution in [0.3, 0.4) is 0 Å². The molecule has 2 aromatic carbocycles. The summed E-state index contributed by atoms with van der Waals surface area (Å²) in [5, 5.41) is 12.8. The van der Waals surface area contributed by atoms with Crippen molar-refractivity contribution in [3.63, 3.8) is 0 Å². The molecule has 0 amide bonds. The zero-order chi connectivity index (χ0) is 15.2. The second-order valence-electron chi connectivity index (χ2n) is 5.16. The zero-order valence-corrected chi connectivity index (χ0v) is 12.6. The second-order valence-corrected chi connectivity index (χ2v) is 5.16. The van der Waals surface area contributed by atoms with Gasteiger partial charge in [0.05, 0.1) is 18.6 Å². The van der Waals surface area contributed by atoms with E-state index < -0.39 is 12.0 Å². The Kier molecular flexibility index (Phi) is 5.34. The number of hydrogen-bond donors (Lipinski definition) is 1. The predicted octanol–water partition coefficient (Wildman–Crippen LogP) is 3.85. The molecule has 0 saturated carbocycles.